The molecular formula is C21H27FN4O3S. The molecule has 1 aliphatic heterocycles. The third kappa shape index (κ3) is 6.51. The smallest absolute Gasteiger partial charge is 0.238 e. The van der Waals surface area contributed by atoms with Crippen LogP contribution in [0.4, 0.5) is 10.1 Å². The van der Waals surface area contributed by atoms with E-state index in [-0.39, 0.29) is 16.6 Å². The average molecular weight is 435 g/mol. The number of carbonyl (C=O) groups excluding carboxylic acids is 1. The third-order valence-corrected chi connectivity index (χ3v) is 6.06. The summed E-state index contributed by atoms with van der Waals surface area (Å²) in [5, 5.41) is 8.00. The Balaban J connectivity index is 1.41. The van der Waals surface area contributed by atoms with Crippen LogP contribution in [0.5, 0.6) is 0 Å². The van der Waals surface area contributed by atoms with E-state index in [1.165, 1.54) is 24.3 Å². The number of amides is 1. The summed E-state index contributed by atoms with van der Waals surface area (Å²) in [5.74, 6) is -0.279. The van der Waals surface area contributed by atoms with Crippen LogP contribution < -0.4 is 15.4 Å². The molecule has 1 heterocycles. The van der Waals surface area contributed by atoms with Crippen LogP contribution >= 0.6 is 0 Å². The van der Waals surface area contributed by atoms with E-state index in [1.807, 2.05) is 0 Å². The summed E-state index contributed by atoms with van der Waals surface area (Å²) in [4.78, 5) is 16.7. The molecule has 1 aliphatic rings. The summed E-state index contributed by atoms with van der Waals surface area (Å²) >= 11 is 0. The van der Waals surface area contributed by atoms with Gasteiger partial charge in [0.1, 0.15) is 5.82 Å². The predicted octanol–water partition coefficient (Wildman–Crippen LogP) is 1.34. The summed E-state index contributed by atoms with van der Waals surface area (Å²) in [6.07, 6.45) is 1.54. The molecule has 0 bridgehead atoms. The molecule has 1 amide bonds. The molecular weight excluding hydrogens is 407 g/mol. The van der Waals surface area contributed by atoms with E-state index in [0.29, 0.717) is 19.5 Å². The van der Waals surface area contributed by atoms with E-state index in [1.54, 1.807) is 24.3 Å². The van der Waals surface area contributed by atoms with E-state index in [4.69, 9.17) is 5.14 Å². The minimum absolute atomic E-state index is 0.0358. The maximum absolute atomic E-state index is 13.1. The van der Waals surface area contributed by atoms with Crippen LogP contribution in [0, 0.1) is 5.82 Å². The number of nitrogens with two attached hydrogens (primary N) is 1. The standard InChI is InChI=1S/C21H27FN4O3S/c22-18-4-6-19(7-5-18)26-13-1-12-25(14-15-26)16-21(27)24-11-10-17-2-8-20(9-3-17)30(23,28)29/h2-9H,1,10-16H2,(H,24,27)(H2,23,28,29). The van der Waals surface area contributed by atoms with Crippen molar-refractivity contribution in [2.45, 2.75) is 17.7 Å². The second kappa shape index (κ2) is 10.0. The fourth-order valence-corrected chi connectivity index (χ4v) is 4.01. The summed E-state index contributed by atoms with van der Waals surface area (Å²) in [7, 11) is -3.69. The highest BCUT2D eigenvalue weighted by atomic mass is 32.2. The van der Waals surface area contributed by atoms with E-state index < -0.39 is 10.0 Å². The lowest BCUT2D eigenvalue weighted by atomic mass is 10.1. The molecule has 2 aromatic rings. The van der Waals surface area contributed by atoms with Crippen molar-refractivity contribution in [3.8, 4) is 0 Å². The highest BCUT2D eigenvalue weighted by Gasteiger charge is 2.17. The largest absolute Gasteiger partial charge is 0.370 e. The number of anilines is 1. The summed E-state index contributed by atoms with van der Waals surface area (Å²) in [6.45, 7) is 4.07. The topological polar surface area (TPSA) is 95.7 Å². The molecule has 1 saturated heterocycles. The SMILES string of the molecule is NS(=O)(=O)c1ccc(CCNC(=O)CN2CCCN(c3ccc(F)cc3)CC2)cc1. The number of benzene rings is 2. The van der Waals surface area contributed by atoms with E-state index in [9.17, 15) is 17.6 Å². The second-order valence-corrected chi connectivity index (χ2v) is 8.94. The normalized spacial score (nSPS) is 15.6. The van der Waals surface area contributed by atoms with Crippen molar-refractivity contribution in [1.82, 2.24) is 10.2 Å². The van der Waals surface area contributed by atoms with Crippen LogP contribution in [0.25, 0.3) is 0 Å². The lowest BCUT2D eigenvalue weighted by Gasteiger charge is -2.23. The van der Waals surface area contributed by atoms with Crippen molar-refractivity contribution in [3.05, 3.63) is 59.9 Å². The van der Waals surface area contributed by atoms with Crippen molar-refractivity contribution in [2.24, 2.45) is 5.14 Å². The fraction of sp³-hybridized carbons (Fsp3) is 0.381. The minimum Gasteiger partial charge on any atom is -0.370 e. The Hall–Kier alpha value is -2.49. The molecule has 0 atom stereocenters. The molecule has 7 nitrogen and oxygen atoms in total. The maximum Gasteiger partial charge on any atom is 0.238 e. The number of hydrogen-bond acceptors (Lipinski definition) is 5. The van der Waals surface area contributed by atoms with Crippen LogP contribution in [0.2, 0.25) is 0 Å². The number of nitrogens with one attached hydrogen (secondary N) is 1. The Labute approximate surface area is 176 Å². The van der Waals surface area contributed by atoms with Crippen LogP contribution in [-0.2, 0) is 21.2 Å². The highest BCUT2D eigenvalue weighted by molar-refractivity contribution is 7.89. The monoisotopic (exact) mass is 434 g/mol. The van der Waals surface area contributed by atoms with Gasteiger partial charge in [0.15, 0.2) is 0 Å². The van der Waals surface area contributed by atoms with Gasteiger partial charge in [0, 0.05) is 38.4 Å². The number of sulfonamides is 1. The Morgan fingerprint density at radius 3 is 2.37 bits per heavy atom. The molecule has 3 rings (SSSR count). The zero-order valence-electron chi connectivity index (χ0n) is 16.8. The van der Waals surface area contributed by atoms with Gasteiger partial charge in [-0.05, 0) is 54.8 Å². The van der Waals surface area contributed by atoms with Gasteiger partial charge in [-0.3, -0.25) is 9.69 Å². The number of nitrogens with zero attached hydrogens (tertiary/aromatic N) is 2. The Morgan fingerprint density at radius 2 is 1.70 bits per heavy atom. The van der Waals surface area contributed by atoms with Gasteiger partial charge in [-0.25, -0.2) is 17.9 Å². The molecule has 9 heteroatoms. The Kier molecular flexibility index (Phi) is 7.41. The van der Waals surface area contributed by atoms with E-state index >= 15 is 0 Å². The molecule has 3 N–H and O–H groups in total. The fourth-order valence-electron chi connectivity index (χ4n) is 3.49. The van der Waals surface area contributed by atoms with Crippen molar-refractivity contribution < 1.29 is 17.6 Å². The van der Waals surface area contributed by atoms with Gasteiger partial charge in [0.05, 0.1) is 11.4 Å². The quantitative estimate of drug-likeness (QED) is 0.686. The number of carbonyl (C=O) groups is 1. The van der Waals surface area contributed by atoms with Crippen molar-refractivity contribution in [2.75, 3.05) is 44.2 Å². The van der Waals surface area contributed by atoms with Gasteiger partial charge in [-0.2, -0.15) is 0 Å². The van der Waals surface area contributed by atoms with Gasteiger partial charge in [0.25, 0.3) is 0 Å². The molecule has 0 spiro atoms. The molecule has 1 fully saturated rings. The third-order valence-electron chi connectivity index (χ3n) is 5.14. The van der Waals surface area contributed by atoms with E-state index in [2.05, 4.69) is 15.1 Å². The first-order valence-corrected chi connectivity index (χ1v) is 11.5. The molecule has 0 aliphatic carbocycles. The van der Waals surface area contributed by atoms with Gasteiger partial charge in [0.2, 0.25) is 15.9 Å². The molecule has 0 unspecified atom stereocenters. The summed E-state index contributed by atoms with van der Waals surface area (Å²) in [5.41, 5.74) is 1.92. The summed E-state index contributed by atoms with van der Waals surface area (Å²) in [6, 6.07) is 12.8. The van der Waals surface area contributed by atoms with Crippen LogP contribution in [0.1, 0.15) is 12.0 Å². The molecule has 30 heavy (non-hydrogen) atoms. The Bertz CT molecular complexity index is 949. The van der Waals surface area contributed by atoms with Crippen LogP contribution in [0.15, 0.2) is 53.4 Å². The highest BCUT2D eigenvalue weighted by Crippen LogP contribution is 2.17. The first-order valence-electron chi connectivity index (χ1n) is 9.92. The minimum atomic E-state index is -3.69. The molecule has 0 radical (unpaired) electrons. The van der Waals surface area contributed by atoms with Crippen molar-refractivity contribution in [1.29, 1.82) is 0 Å². The Morgan fingerprint density at radius 1 is 1.00 bits per heavy atom. The molecule has 162 valence electrons. The van der Waals surface area contributed by atoms with Crippen molar-refractivity contribution in [3.63, 3.8) is 0 Å². The molecule has 2 aromatic carbocycles. The lowest BCUT2D eigenvalue weighted by Crippen LogP contribution is -2.39. The number of hydrogen-bond donors (Lipinski definition) is 2. The van der Waals surface area contributed by atoms with Crippen LogP contribution in [-0.4, -0.2) is 58.5 Å². The van der Waals surface area contributed by atoms with Gasteiger partial charge in [-0.1, -0.05) is 12.1 Å². The van der Waals surface area contributed by atoms with E-state index in [0.717, 1.165) is 43.9 Å². The summed E-state index contributed by atoms with van der Waals surface area (Å²) < 4.78 is 35.7. The number of primary sulfonamides is 1. The van der Waals surface area contributed by atoms with Gasteiger partial charge >= 0.3 is 0 Å². The van der Waals surface area contributed by atoms with Crippen LogP contribution in [0.3, 0.4) is 0 Å². The lowest BCUT2D eigenvalue weighted by molar-refractivity contribution is -0.122. The zero-order valence-corrected chi connectivity index (χ0v) is 17.6. The van der Waals surface area contributed by atoms with Crippen molar-refractivity contribution >= 4 is 21.6 Å². The molecule has 0 saturated carbocycles. The first kappa shape index (κ1) is 22.2. The average Bonchev–Trinajstić information content (AvgIpc) is 2.94. The maximum atomic E-state index is 13.1. The van der Waals surface area contributed by atoms with Gasteiger partial charge < -0.3 is 10.2 Å². The number of halogens is 1. The predicted molar refractivity (Wildman–Crippen MR) is 114 cm³/mol. The zero-order chi connectivity index (χ0) is 21.6. The number of rotatable bonds is 7. The second-order valence-electron chi connectivity index (χ2n) is 7.38. The first-order chi connectivity index (χ1) is 14.3. The molecule has 0 aromatic heterocycles. The van der Waals surface area contributed by atoms with Gasteiger partial charge in [-0.15, -0.1) is 0 Å².